The smallest absolute Gasteiger partial charge is 0.121 e. The summed E-state index contributed by atoms with van der Waals surface area (Å²) in [7, 11) is 3.73. The molecule has 0 amide bonds. The van der Waals surface area contributed by atoms with Crippen molar-refractivity contribution in [1.82, 2.24) is 15.0 Å². The molecule has 1 aliphatic carbocycles. The molecule has 0 saturated carbocycles. The molecule has 0 fully saturated rings. The summed E-state index contributed by atoms with van der Waals surface area (Å²) in [6.07, 6.45) is 0.855. The van der Waals surface area contributed by atoms with Crippen LogP contribution in [-0.2, 0) is 18.2 Å². The molecule has 0 spiro atoms. The molecule has 0 saturated heterocycles. The Morgan fingerprint density at radius 1 is 1.00 bits per heavy atom. The maximum atomic E-state index is 5.85. The highest BCUT2D eigenvalue weighted by molar-refractivity contribution is 5.82. The van der Waals surface area contributed by atoms with Crippen molar-refractivity contribution in [2.45, 2.75) is 47.1 Å². The third-order valence-corrected chi connectivity index (χ3v) is 4.60. The molecule has 1 aromatic heterocycles. The number of aromatic nitrogens is 3. The van der Waals surface area contributed by atoms with Crippen LogP contribution in [0.15, 0.2) is 42.5 Å². The molecule has 0 N–H and O–H groups in total. The van der Waals surface area contributed by atoms with Crippen LogP contribution in [0.4, 0.5) is 0 Å². The highest BCUT2D eigenvalue weighted by atomic mass is 16.5. The summed E-state index contributed by atoms with van der Waals surface area (Å²) in [5.41, 5.74) is 7.97. The second kappa shape index (κ2) is 9.47. The number of hydrogen-bond donors (Lipinski definition) is 0. The van der Waals surface area contributed by atoms with E-state index >= 15 is 0 Å². The molecule has 3 aromatic rings. The van der Waals surface area contributed by atoms with Gasteiger partial charge in [0.2, 0.25) is 0 Å². The molecule has 1 unspecified atom stereocenters. The molecule has 4 rings (SSSR count). The highest BCUT2D eigenvalue weighted by Gasteiger charge is 2.27. The van der Waals surface area contributed by atoms with E-state index in [1.54, 1.807) is 7.11 Å². The lowest BCUT2D eigenvalue weighted by atomic mass is 9.87. The second-order valence-electron chi connectivity index (χ2n) is 6.09. The van der Waals surface area contributed by atoms with Crippen LogP contribution in [0.3, 0.4) is 0 Å². The maximum absolute atomic E-state index is 5.85. The molecule has 27 heavy (non-hydrogen) atoms. The zero-order valence-electron chi connectivity index (χ0n) is 17.6. The first-order valence-corrected chi connectivity index (χ1v) is 9.80. The van der Waals surface area contributed by atoms with Gasteiger partial charge in [0.25, 0.3) is 0 Å². The fourth-order valence-electron chi connectivity index (χ4n) is 3.45. The first kappa shape index (κ1) is 20.8. The number of aryl methyl sites for hydroxylation is 2. The van der Waals surface area contributed by atoms with Crippen LogP contribution in [0.25, 0.3) is 22.5 Å². The Balaban J connectivity index is 0.000000614. The average molecular weight is 366 g/mol. The Kier molecular flexibility index (Phi) is 7.31. The Hall–Kier alpha value is -2.46. The second-order valence-corrected chi connectivity index (χ2v) is 6.09. The van der Waals surface area contributed by atoms with Gasteiger partial charge in [-0.05, 0) is 18.1 Å². The molecule has 1 heterocycles. The predicted molar refractivity (Wildman–Crippen MR) is 113 cm³/mol. The third-order valence-electron chi connectivity index (χ3n) is 4.60. The van der Waals surface area contributed by atoms with E-state index in [1.807, 2.05) is 39.4 Å². The number of ether oxygens (including phenoxy) is 1. The Bertz CT molecular complexity index is 883. The van der Waals surface area contributed by atoms with Gasteiger partial charge in [-0.3, -0.25) is 0 Å². The molecule has 0 bridgehead atoms. The number of nitrogens with zero attached hydrogens (tertiary/aromatic N) is 3. The quantitative estimate of drug-likeness (QED) is 0.551. The lowest BCUT2D eigenvalue weighted by Crippen LogP contribution is -2.11. The van der Waals surface area contributed by atoms with Gasteiger partial charge in [0.1, 0.15) is 5.69 Å². The summed E-state index contributed by atoms with van der Waals surface area (Å²) < 4.78 is 7.71. The van der Waals surface area contributed by atoms with Crippen LogP contribution < -0.4 is 0 Å². The van der Waals surface area contributed by atoms with Gasteiger partial charge in [0, 0.05) is 31.7 Å². The fraction of sp³-hybridized carbons (Fsp3) is 0.391. The molecule has 2 aromatic carbocycles. The fourth-order valence-corrected chi connectivity index (χ4v) is 3.45. The van der Waals surface area contributed by atoms with Crippen LogP contribution in [0.1, 0.15) is 50.5 Å². The van der Waals surface area contributed by atoms with Crippen molar-refractivity contribution in [3.63, 3.8) is 0 Å². The number of hydrogen-bond acceptors (Lipinski definition) is 3. The normalized spacial score (nSPS) is 14.1. The Labute approximate surface area is 163 Å². The zero-order valence-corrected chi connectivity index (χ0v) is 17.6. The lowest BCUT2D eigenvalue weighted by molar-refractivity contribution is 0.104. The van der Waals surface area contributed by atoms with Crippen molar-refractivity contribution in [3.8, 4) is 22.5 Å². The lowest BCUT2D eigenvalue weighted by Gasteiger charge is -2.24. The van der Waals surface area contributed by atoms with Gasteiger partial charge in [0.05, 0.1) is 11.8 Å². The number of methoxy groups -OCH3 is 1. The highest BCUT2D eigenvalue weighted by Crippen LogP contribution is 2.41. The minimum atomic E-state index is 0.0223. The van der Waals surface area contributed by atoms with Gasteiger partial charge in [-0.25, -0.2) is 4.68 Å². The van der Waals surface area contributed by atoms with E-state index in [9.17, 15) is 0 Å². The van der Waals surface area contributed by atoms with E-state index < -0.39 is 0 Å². The van der Waals surface area contributed by atoms with E-state index in [0.717, 1.165) is 28.9 Å². The summed E-state index contributed by atoms with van der Waals surface area (Å²) in [6.45, 7) is 10.1. The van der Waals surface area contributed by atoms with E-state index in [1.165, 1.54) is 16.7 Å². The van der Waals surface area contributed by atoms with Gasteiger partial charge in [-0.1, -0.05) is 80.9 Å². The van der Waals surface area contributed by atoms with Gasteiger partial charge >= 0.3 is 0 Å². The monoisotopic (exact) mass is 365 g/mol. The van der Waals surface area contributed by atoms with Crippen LogP contribution in [0.2, 0.25) is 0 Å². The van der Waals surface area contributed by atoms with Crippen LogP contribution >= 0.6 is 0 Å². The Morgan fingerprint density at radius 2 is 1.70 bits per heavy atom. The first-order valence-electron chi connectivity index (χ1n) is 9.80. The van der Waals surface area contributed by atoms with Gasteiger partial charge in [-0.2, -0.15) is 0 Å². The van der Waals surface area contributed by atoms with E-state index in [4.69, 9.17) is 4.74 Å². The van der Waals surface area contributed by atoms with E-state index in [0.29, 0.717) is 0 Å². The first-order chi connectivity index (χ1) is 13.2. The SMILES string of the molecule is CC.CC.COC1Cc2ccccc2-c2nnn(C)c2-c2ccc(C)cc21. The van der Waals surface area contributed by atoms with E-state index in [-0.39, 0.29) is 6.10 Å². The topological polar surface area (TPSA) is 39.9 Å². The van der Waals surface area contributed by atoms with Gasteiger partial charge in [-0.15, -0.1) is 5.10 Å². The minimum Gasteiger partial charge on any atom is -0.376 e. The van der Waals surface area contributed by atoms with Crippen molar-refractivity contribution < 1.29 is 4.74 Å². The summed E-state index contributed by atoms with van der Waals surface area (Å²) in [4.78, 5) is 0. The molecule has 4 nitrogen and oxygen atoms in total. The minimum absolute atomic E-state index is 0.0223. The average Bonchev–Trinajstić information content (AvgIpc) is 3.09. The third kappa shape index (κ3) is 3.96. The van der Waals surface area contributed by atoms with Crippen molar-refractivity contribution in [2.24, 2.45) is 7.05 Å². The van der Waals surface area contributed by atoms with Gasteiger partial charge < -0.3 is 4.74 Å². The molecular weight excluding hydrogens is 334 g/mol. The van der Waals surface area contributed by atoms with Crippen LogP contribution in [0.5, 0.6) is 0 Å². The zero-order chi connectivity index (χ0) is 20.0. The standard InChI is InChI=1S/C19H19N3O.2C2H6/c1-12-8-9-15-16(10-12)17(23-3)11-13-6-4-5-7-14(13)18-19(15)22(2)21-20-18;2*1-2/h4-10,17H,11H2,1-3H3;2*1-2H3. The molecule has 4 heteroatoms. The summed E-state index contributed by atoms with van der Waals surface area (Å²) >= 11 is 0. The maximum Gasteiger partial charge on any atom is 0.121 e. The molecule has 0 aliphatic heterocycles. The molecule has 144 valence electrons. The number of benzene rings is 2. The van der Waals surface area contributed by atoms with Crippen LogP contribution in [0, 0.1) is 6.92 Å². The van der Waals surface area contributed by atoms with E-state index in [2.05, 4.69) is 59.7 Å². The summed E-state index contributed by atoms with van der Waals surface area (Å²) in [5, 5.41) is 8.72. The summed E-state index contributed by atoms with van der Waals surface area (Å²) in [5.74, 6) is 0. The number of rotatable bonds is 1. The van der Waals surface area contributed by atoms with Gasteiger partial charge in [0.15, 0.2) is 0 Å². The largest absolute Gasteiger partial charge is 0.376 e. The predicted octanol–water partition coefficient (Wildman–Crippen LogP) is 5.75. The van der Waals surface area contributed by atoms with Crippen molar-refractivity contribution >= 4 is 0 Å². The van der Waals surface area contributed by atoms with Crippen LogP contribution in [-0.4, -0.2) is 22.1 Å². The van der Waals surface area contributed by atoms with Crippen molar-refractivity contribution in [2.75, 3.05) is 7.11 Å². The molecule has 1 atom stereocenters. The molecular formula is C23H31N3O. The molecule has 0 radical (unpaired) electrons. The Morgan fingerprint density at radius 3 is 2.41 bits per heavy atom. The van der Waals surface area contributed by atoms with Crippen molar-refractivity contribution in [3.05, 3.63) is 59.2 Å². The van der Waals surface area contributed by atoms with Crippen molar-refractivity contribution in [1.29, 1.82) is 0 Å². The number of fused-ring (bicyclic) bond motifs is 5. The molecule has 1 aliphatic rings. The summed E-state index contributed by atoms with van der Waals surface area (Å²) in [6, 6.07) is 14.9.